The fourth-order valence-electron chi connectivity index (χ4n) is 2.46. The molecule has 0 bridgehead atoms. The first kappa shape index (κ1) is 18.0. The van der Waals surface area contributed by atoms with E-state index in [1.165, 1.54) is 13.4 Å². The Bertz CT molecular complexity index is 936. The first-order valence-electron chi connectivity index (χ1n) is 8.02. The van der Waals surface area contributed by atoms with Crippen LogP contribution >= 0.6 is 0 Å². The first-order valence-corrected chi connectivity index (χ1v) is 8.02. The fraction of sp³-hybridized carbons (Fsp3) is 0.105. The van der Waals surface area contributed by atoms with Crippen LogP contribution in [0.5, 0.6) is 5.75 Å². The SMILES string of the molecule is COc1cc(NC(=O)c2ccc(CNC(=O)O)cc2)ccc1-c1ncco1. The molecular weight excluding hydrogens is 350 g/mol. The summed E-state index contributed by atoms with van der Waals surface area (Å²) in [7, 11) is 1.53. The number of methoxy groups -OCH3 is 1. The summed E-state index contributed by atoms with van der Waals surface area (Å²) in [6, 6.07) is 11.8. The molecule has 0 saturated heterocycles. The van der Waals surface area contributed by atoms with Gasteiger partial charge in [-0.25, -0.2) is 9.78 Å². The number of hydrogen-bond acceptors (Lipinski definition) is 5. The zero-order valence-electron chi connectivity index (χ0n) is 14.4. The van der Waals surface area contributed by atoms with Gasteiger partial charge in [0.05, 0.1) is 18.9 Å². The average molecular weight is 367 g/mol. The van der Waals surface area contributed by atoms with E-state index < -0.39 is 6.09 Å². The normalized spacial score (nSPS) is 10.3. The maximum absolute atomic E-state index is 12.4. The molecule has 3 N–H and O–H groups in total. The Kier molecular flexibility index (Phi) is 5.36. The number of nitrogens with zero attached hydrogens (tertiary/aromatic N) is 1. The van der Waals surface area contributed by atoms with Gasteiger partial charge in [-0.2, -0.15) is 0 Å². The second kappa shape index (κ2) is 8.05. The molecule has 1 aromatic heterocycles. The lowest BCUT2D eigenvalue weighted by Crippen LogP contribution is -2.20. The highest BCUT2D eigenvalue weighted by Crippen LogP contribution is 2.31. The van der Waals surface area contributed by atoms with Crippen molar-refractivity contribution in [1.82, 2.24) is 10.3 Å². The van der Waals surface area contributed by atoms with Gasteiger partial charge >= 0.3 is 6.09 Å². The maximum Gasteiger partial charge on any atom is 0.404 e. The zero-order chi connectivity index (χ0) is 19.2. The van der Waals surface area contributed by atoms with Crippen LogP contribution in [0, 0.1) is 0 Å². The third-order valence-corrected chi connectivity index (χ3v) is 3.78. The minimum absolute atomic E-state index is 0.177. The van der Waals surface area contributed by atoms with E-state index in [0.717, 1.165) is 5.56 Å². The van der Waals surface area contributed by atoms with Gasteiger partial charge in [-0.3, -0.25) is 4.79 Å². The van der Waals surface area contributed by atoms with Crippen molar-refractivity contribution in [2.45, 2.75) is 6.54 Å². The number of carboxylic acid groups (broad SMARTS) is 1. The Morgan fingerprint density at radius 2 is 1.96 bits per heavy atom. The molecule has 0 aliphatic rings. The van der Waals surface area contributed by atoms with Crippen LogP contribution in [0.2, 0.25) is 0 Å². The predicted octanol–water partition coefficient (Wildman–Crippen LogP) is 3.37. The van der Waals surface area contributed by atoms with Gasteiger partial charge in [-0.1, -0.05) is 12.1 Å². The average Bonchev–Trinajstić information content (AvgIpc) is 3.21. The Balaban J connectivity index is 1.71. The summed E-state index contributed by atoms with van der Waals surface area (Å²) in [6.45, 7) is 0.177. The van der Waals surface area contributed by atoms with Gasteiger partial charge in [0.1, 0.15) is 12.0 Å². The van der Waals surface area contributed by atoms with E-state index >= 15 is 0 Å². The smallest absolute Gasteiger partial charge is 0.404 e. The topological polar surface area (TPSA) is 114 Å². The van der Waals surface area contributed by atoms with E-state index in [9.17, 15) is 9.59 Å². The third-order valence-electron chi connectivity index (χ3n) is 3.78. The number of amides is 2. The monoisotopic (exact) mass is 367 g/mol. The van der Waals surface area contributed by atoms with Crippen LogP contribution in [0.4, 0.5) is 10.5 Å². The number of aromatic nitrogens is 1. The molecule has 1 heterocycles. The lowest BCUT2D eigenvalue weighted by Gasteiger charge is -2.10. The molecule has 0 fully saturated rings. The van der Waals surface area contributed by atoms with Crippen molar-refractivity contribution in [3.8, 4) is 17.2 Å². The molecule has 0 saturated carbocycles. The van der Waals surface area contributed by atoms with Crippen LogP contribution in [0.3, 0.4) is 0 Å². The predicted molar refractivity (Wildman–Crippen MR) is 97.8 cm³/mol. The van der Waals surface area contributed by atoms with E-state index in [2.05, 4.69) is 15.6 Å². The van der Waals surface area contributed by atoms with Gasteiger partial charge < -0.3 is 24.9 Å². The van der Waals surface area contributed by atoms with Crippen molar-refractivity contribution < 1.29 is 23.8 Å². The molecule has 8 heteroatoms. The summed E-state index contributed by atoms with van der Waals surface area (Å²) >= 11 is 0. The molecule has 0 atom stereocenters. The van der Waals surface area contributed by atoms with Gasteiger partial charge in [-0.15, -0.1) is 0 Å². The number of hydrogen-bond donors (Lipinski definition) is 3. The van der Waals surface area contributed by atoms with Crippen LogP contribution in [0.15, 0.2) is 59.3 Å². The van der Waals surface area contributed by atoms with Gasteiger partial charge in [0.25, 0.3) is 5.91 Å². The molecule has 138 valence electrons. The number of rotatable bonds is 6. The second-order valence-corrected chi connectivity index (χ2v) is 5.56. The van der Waals surface area contributed by atoms with E-state index in [1.54, 1.807) is 48.7 Å². The van der Waals surface area contributed by atoms with Crippen LogP contribution < -0.4 is 15.4 Å². The molecule has 2 amide bonds. The summed E-state index contributed by atoms with van der Waals surface area (Å²) in [5, 5.41) is 13.7. The minimum atomic E-state index is -1.10. The zero-order valence-corrected chi connectivity index (χ0v) is 14.4. The lowest BCUT2D eigenvalue weighted by molar-refractivity contribution is 0.102. The van der Waals surface area contributed by atoms with Gasteiger partial charge in [-0.05, 0) is 29.8 Å². The Morgan fingerprint density at radius 1 is 1.19 bits per heavy atom. The first-order chi connectivity index (χ1) is 13.1. The molecule has 0 spiro atoms. The summed E-state index contributed by atoms with van der Waals surface area (Å²) in [5.74, 6) is 0.652. The highest BCUT2D eigenvalue weighted by Gasteiger charge is 2.13. The number of ether oxygens (including phenoxy) is 1. The molecule has 8 nitrogen and oxygen atoms in total. The van der Waals surface area contributed by atoms with Crippen molar-refractivity contribution in [3.05, 3.63) is 66.1 Å². The summed E-state index contributed by atoms with van der Waals surface area (Å²) < 4.78 is 10.6. The third kappa shape index (κ3) is 4.43. The van der Waals surface area contributed by atoms with Crippen LogP contribution in [-0.2, 0) is 6.54 Å². The Morgan fingerprint density at radius 3 is 2.59 bits per heavy atom. The van der Waals surface area contributed by atoms with E-state index in [0.29, 0.717) is 28.5 Å². The van der Waals surface area contributed by atoms with Crippen LogP contribution in [0.25, 0.3) is 11.5 Å². The highest BCUT2D eigenvalue weighted by atomic mass is 16.5. The quantitative estimate of drug-likeness (QED) is 0.615. The number of nitrogens with one attached hydrogen (secondary N) is 2. The maximum atomic E-state index is 12.4. The molecule has 2 aromatic carbocycles. The molecule has 3 rings (SSSR count). The number of carbonyl (C=O) groups excluding carboxylic acids is 1. The summed E-state index contributed by atoms with van der Waals surface area (Å²) in [4.78, 5) is 27.0. The number of anilines is 1. The Labute approximate surface area is 154 Å². The molecule has 27 heavy (non-hydrogen) atoms. The van der Waals surface area contributed by atoms with E-state index in [1.807, 2.05) is 0 Å². The fourth-order valence-corrected chi connectivity index (χ4v) is 2.46. The molecule has 0 aliphatic carbocycles. The number of oxazole rings is 1. The standard InChI is InChI=1S/C19H17N3O5/c1-26-16-10-14(6-7-15(16)18-20-8-9-27-18)22-17(23)13-4-2-12(3-5-13)11-21-19(24)25/h2-10,21H,11H2,1H3,(H,22,23)(H,24,25). The van der Waals surface area contributed by atoms with Gasteiger partial charge in [0.2, 0.25) is 5.89 Å². The van der Waals surface area contributed by atoms with Crippen molar-refractivity contribution in [2.75, 3.05) is 12.4 Å². The van der Waals surface area contributed by atoms with Crippen molar-refractivity contribution in [2.24, 2.45) is 0 Å². The van der Waals surface area contributed by atoms with Gasteiger partial charge in [0, 0.05) is 23.9 Å². The molecular formula is C19H17N3O5. The largest absolute Gasteiger partial charge is 0.496 e. The van der Waals surface area contributed by atoms with Gasteiger partial charge in [0.15, 0.2) is 0 Å². The summed E-state index contributed by atoms with van der Waals surface area (Å²) in [5.41, 5.74) is 2.44. The molecule has 0 radical (unpaired) electrons. The Hall–Kier alpha value is -3.81. The molecule has 0 aliphatic heterocycles. The van der Waals surface area contributed by atoms with E-state index in [-0.39, 0.29) is 12.5 Å². The van der Waals surface area contributed by atoms with Crippen molar-refractivity contribution in [1.29, 1.82) is 0 Å². The van der Waals surface area contributed by atoms with E-state index in [4.69, 9.17) is 14.3 Å². The highest BCUT2D eigenvalue weighted by molar-refractivity contribution is 6.04. The van der Waals surface area contributed by atoms with Crippen molar-refractivity contribution in [3.63, 3.8) is 0 Å². The summed E-state index contributed by atoms with van der Waals surface area (Å²) in [6.07, 6.45) is 1.92. The molecule has 0 unspecified atom stereocenters. The minimum Gasteiger partial charge on any atom is -0.496 e. The lowest BCUT2D eigenvalue weighted by atomic mass is 10.1. The van der Waals surface area contributed by atoms with Crippen LogP contribution in [0.1, 0.15) is 15.9 Å². The second-order valence-electron chi connectivity index (χ2n) is 5.56. The van der Waals surface area contributed by atoms with Crippen molar-refractivity contribution >= 4 is 17.7 Å². The van der Waals surface area contributed by atoms with Crippen LogP contribution in [-0.4, -0.2) is 29.2 Å². The molecule has 3 aromatic rings. The number of benzene rings is 2. The number of carbonyl (C=O) groups is 2.